The molecule has 0 aliphatic heterocycles. The first-order valence-electron chi connectivity index (χ1n) is 13.6. The fraction of sp³-hybridized carbons (Fsp3) is 0.500. The van der Waals surface area contributed by atoms with E-state index in [2.05, 4.69) is 82.8 Å². The van der Waals surface area contributed by atoms with Crippen molar-refractivity contribution in [3.63, 3.8) is 0 Å². The molecular formula is C28H38N10S2. The topological polar surface area (TPSA) is 111 Å². The number of nitrogens with zero attached hydrogens (tertiary/aromatic N) is 8. The predicted octanol–water partition coefficient (Wildman–Crippen LogP) is 6.53. The molecule has 6 aromatic heterocycles. The maximum absolute atomic E-state index is 4.68. The Morgan fingerprint density at radius 3 is 1.85 bits per heavy atom. The first-order chi connectivity index (χ1) is 19.0. The van der Waals surface area contributed by atoms with Gasteiger partial charge in [-0.3, -0.25) is 9.36 Å². The Morgan fingerprint density at radius 2 is 1.23 bits per heavy atom. The number of aromatic nitrogens is 8. The average molecular weight is 579 g/mol. The quantitative estimate of drug-likeness (QED) is 0.230. The van der Waals surface area contributed by atoms with Crippen molar-refractivity contribution in [1.29, 1.82) is 0 Å². The van der Waals surface area contributed by atoms with Gasteiger partial charge in [0.15, 0.2) is 5.82 Å². The zero-order chi connectivity index (χ0) is 28.9. The van der Waals surface area contributed by atoms with E-state index < -0.39 is 0 Å². The second-order valence-electron chi connectivity index (χ2n) is 11.2. The second-order valence-corrected chi connectivity index (χ2v) is 13.2. The minimum absolute atomic E-state index is 0.588. The van der Waals surface area contributed by atoms with Crippen LogP contribution in [0.15, 0.2) is 0 Å². The van der Waals surface area contributed by atoms with Gasteiger partial charge >= 0.3 is 0 Å². The molecule has 0 aliphatic rings. The van der Waals surface area contributed by atoms with E-state index in [4.69, 9.17) is 0 Å². The lowest BCUT2D eigenvalue weighted by Crippen LogP contribution is -2.11. The summed E-state index contributed by atoms with van der Waals surface area (Å²) >= 11 is 3.33. The summed E-state index contributed by atoms with van der Waals surface area (Å²) < 4.78 is 6.22. The van der Waals surface area contributed by atoms with Crippen molar-refractivity contribution in [2.75, 3.05) is 23.7 Å². The van der Waals surface area contributed by atoms with Gasteiger partial charge < -0.3 is 10.6 Å². The molecule has 12 heteroatoms. The van der Waals surface area contributed by atoms with E-state index in [-0.39, 0.29) is 0 Å². The normalized spacial score (nSPS) is 11.9. The molecule has 0 spiro atoms. The van der Waals surface area contributed by atoms with E-state index in [0.717, 1.165) is 62.2 Å². The molecule has 10 nitrogen and oxygen atoms in total. The summed E-state index contributed by atoms with van der Waals surface area (Å²) in [5.41, 5.74) is 6.52. The fourth-order valence-corrected chi connectivity index (χ4v) is 6.96. The van der Waals surface area contributed by atoms with Gasteiger partial charge in [-0.2, -0.15) is 20.4 Å². The molecule has 6 aromatic rings. The Kier molecular flexibility index (Phi) is 7.66. The van der Waals surface area contributed by atoms with E-state index in [1.807, 2.05) is 37.3 Å². The summed E-state index contributed by atoms with van der Waals surface area (Å²) in [6.07, 6.45) is 0. The van der Waals surface area contributed by atoms with Gasteiger partial charge in [0, 0.05) is 38.0 Å². The molecule has 40 heavy (non-hydrogen) atoms. The zero-order valence-electron chi connectivity index (χ0n) is 25.0. The lowest BCUT2D eigenvalue weighted by Gasteiger charge is -2.08. The van der Waals surface area contributed by atoms with Crippen molar-refractivity contribution in [1.82, 2.24) is 40.0 Å². The number of hydrogen-bond donors (Lipinski definition) is 2. The van der Waals surface area contributed by atoms with Gasteiger partial charge in [-0.25, -0.2) is 0 Å². The van der Waals surface area contributed by atoms with Gasteiger partial charge in [0.2, 0.25) is 0 Å². The Labute approximate surface area is 242 Å². The van der Waals surface area contributed by atoms with Crippen LogP contribution in [-0.4, -0.2) is 53.0 Å². The molecule has 2 N–H and O–H groups in total. The van der Waals surface area contributed by atoms with Crippen LogP contribution in [0, 0.1) is 39.5 Å². The van der Waals surface area contributed by atoms with E-state index in [9.17, 15) is 0 Å². The molecule has 0 bridgehead atoms. The van der Waals surface area contributed by atoms with Gasteiger partial charge in [0.05, 0.1) is 26.3 Å². The molecular weight excluding hydrogens is 541 g/mol. The summed E-state index contributed by atoms with van der Waals surface area (Å²) in [7, 11) is 3.97. The number of rotatable bonds is 6. The lowest BCUT2D eigenvalue weighted by atomic mass is 10.1. The molecule has 0 fully saturated rings. The van der Waals surface area contributed by atoms with Crippen LogP contribution >= 0.6 is 22.7 Å². The van der Waals surface area contributed by atoms with Crippen LogP contribution in [0.1, 0.15) is 50.2 Å². The summed E-state index contributed by atoms with van der Waals surface area (Å²) in [6.45, 7) is 18.8. The molecule has 6 rings (SSSR count). The van der Waals surface area contributed by atoms with Crippen LogP contribution in [0.25, 0.3) is 40.9 Å². The molecule has 0 aromatic carbocycles. The minimum atomic E-state index is 0.588. The first kappa shape index (κ1) is 28.2. The summed E-state index contributed by atoms with van der Waals surface area (Å²) in [5.74, 6) is 3.22. The summed E-state index contributed by atoms with van der Waals surface area (Å²) in [5, 5.41) is 35.6. The lowest BCUT2D eigenvalue weighted by molar-refractivity contribution is 0.677. The van der Waals surface area contributed by atoms with Crippen molar-refractivity contribution in [2.24, 2.45) is 25.9 Å². The highest BCUT2D eigenvalue weighted by Crippen LogP contribution is 2.39. The van der Waals surface area contributed by atoms with Crippen LogP contribution in [0.3, 0.4) is 0 Å². The smallest absolute Gasteiger partial charge is 0.166 e. The van der Waals surface area contributed by atoms with Gasteiger partial charge in [0.25, 0.3) is 0 Å². The van der Waals surface area contributed by atoms with Crippen LogP contribution in [0.4, 0.5) is 11.6 Å². The van der Waals surface area contributed by atoms with Crippen LogP contribution in [0.2, 0.25) is 0 Å². The number of thiophene rings is 2. The Hall–Kier alpha value is -3.38. The third-order valence-corrected chi connectivity index (χ3v) is 9.22. The summed E-state index contributed by atoms with van der Waals surface area (Å²) in [6, 6.07) is 0. The molecule has 0 saturated carbocycles. The molecule has 0 saturated heterocycles. The average Bonchev–Trinajstić information content (AvgIpc) is 3.61. The summed E-state index contributed by atoms with van der Waals surface area (Å²) in [4.78, 5) is 1.96. The third kappa shape index (κ3) is 4.98. The molecule has 212 valence electrons. The number of anilines is 2. The Morgan fingerprint density at radius 1 is 0.675 bits per heavy atom. The van der Waals surface area contributed by atoms with Gasteiger partial charge in [-0.05, 0) is 50.7 Å². The van der Waals surface area contributed by atoms with Gasteiger partial charge in [-0.1, -0.05) is 27.7 Å². The van der Waals surface area contributed by atoms with E-state index >= 15 is 0 Å². The monoisotopic (exact) mass is 578 g/mol. The number of nitrogens with one attached hydrogen (secondary N) is 2. The van der Waals surface area contributed by atoms with Crippen molar-refractivity contribution < 1.29 is 0 Å². The first-order valence-corrected chi connectivity index (χ1v) is 15.3. The standard InChI is InChI=1S/2C14H19N5S/c1-7(2)6-15-13-12-11(19(5)18-13)10-8(3)9(4)16-17-14(10)20-12;1-7(2)6-15-13-12-11(18-19(13)5)10-8(3)9(4)16-17-14(10)20-12/h7H,6H2,1-5H3,(H,15,18);7,15H,6H2,1-5H3. The molecule has 0 radical (unpaired) electrons. The van der Waals surface area contributed by atoms with Crippen molar-refractivity contribution in [3.05, 3.63) is 22.5 Å². The molecule has 6 heterocycles. The maximum Gasteiger partial charge on any atom is 0.166 e. The van der Waals surface area contributed by atoms with Crippen molar-refractivity contribution >= 4 is 75.2 Å². The molecule has 0 amide bonds. The van der Waals surface area contributed by atoms with Crippen LogP contribution < -0.4 is 10.6 Å². The van der Waals surface area contributed by atoms with Crippen LogP contribution in [0.5, 0.6) is 0 Å². The third-order valence-electron chi connectivity index (χ3n) is 7.08. The SMILES string of the molecule is Cc1nnc2sc3c(NCC(C)C)n(C)nc3c2c1C.Cc1nnc2sc3c(NCC(C)C)nn(C)c3c2c1C. The Bertz CT molecular complexity index is 1840. The van der Waals surface area contributed by atoms with Gasteiger partial charge in [0.1, 0.15) is 21.0 Å². The van der Waals surface area contributed by atoms with E-state index in [1.165, 1.54) is 25.9 Å². The highest BCUT2D eigenvalue weighted by molar-refractivity contribution is 7.26. The number of aryl methyl sites for hydroxylation is 6. The predicted molar refractivity (Wildman–Crippen MR) is 169 cm³/mol. The zero-order valence-corrected chi connectivity index (χ0v) is 26.6. The van der Waals surface area contributed by atoms with Crippen molar-refractivity contribution in [2.45, 2.75) is 55.4 Å². The Balaban J connectivity index is 0.000000161. The molecule has 0 unspecified atom stereocenters. The molecule has 0 aliphatic carbocycles. The minimum Gasteiger partial charge on any atom is -0.369 e. The number of fused-ring (bicyclic) bond motifs is 6. The van der Waals surface area contributed by atoms with Gasteiger partial charge in [-0.15, -0.1) is 32.9 Å². The highest BCUT2D eigenvalue weighted by atomic mass is 32.1. The van der Waals surface area contributed by atoms with Crippen LogP contribution in [-0.2, 0) is 14.1 Å². The molecule has 0 atom stereocenters. The second kappa shape index (κ2) is 10.9. The maximum atomic E-state index is 4.68. The van der Waals surface area contributed by atoms with E-state index in [1.54, 1.807) is 22.7 Å². The van der Waals surface area contributed by atoms with E-state index in [0.29, 0.717) is 11.8 Å². The number of hydrogen-bond acceptors (Lipinski definition) is 10. The van der Waals surface area contributed by atoms with Crippen molar-refractivity contribution in [3.8, 4) is 0 Å². The highest BCUT2D eigenvalue weighted by Gasteiger charge is 2.20. The largest absolute Gasteiger partial charge is 0.369 e. The fourth-order valence-electron chi connectivity index (χ4n) is 4.62.